The predicted molar refractivity (Wildman–Crippen MR) is 128 cm³/mol. The Kier molecular flexibility index (Phi) is 7.38. The van der Waals surface area contributed by atoms with Crippen LogP contribution in [0.3, 0.4) is 0 Å². The van der Waals surface area contributed by atoms with Gasteiger partial charge in [0.1, 0.15) is 4.91 Å². The van der Waals surface area contributed by atoms with Crippen molar-refractivity contribution in [3.05, 3.63) is 76.2 Å². The number of hydrogen-bond acceptors (Lipinski definition) is 8. The maximum absolute atomic E-state index is 14.2. The van der Waals surface area contributed by atoms with Gasteiger partial charge < -0.3 is 9.05 Å². The highest BCUT2D eigenvalue weighted by Crippen LogP contribution is 2.66. The Balaban J connectivity index is 2.46. The van der Waals surface area contributed by atoms with Gasteiger partial charge in [0.05, 0.1) is 24.4 Å². The van der Waals surface area contributed by atoms with Crippen LogP contribution in [0.1, 0.15) is 35.3 Å². The molecule has 0 aromatic heterocycles. The third kappa shape index (κ3) is 4.68. The van der Waals surface area contributed by atoms with E-state index in [2.05, 4.69) is 4.72 Å². The second-order valence-corrected chi connectivity index (χ2v) is 13.6. The summed E-state index contributed by atoms with van der Waals surface area (Å²) in [6.07, 6.45) is 1.69. The van der Waals surface area contributed by atoms with Gasteiger partial charge in [0.25, 0.3) is 0 Å². The predicted octanol–water partition coefficient (Wildman–Crippen LogP) is 3.52. The van der Waals surface area contributed by atoms with Crippen molar-refractivity contribution in [2.75, 3.05) is 19.5 Å². The number of sulfone groups is 1. The Morgan fingerprint density at radius 2 is 1.50 bits per heavy atom. The van der Waals surface area contributed by atoms with Gasteiger partial charge in [0.2, 0.25) is 25.6 Å². The molecule has 1 aliphatic carbocycles. The van der Waals surface area contributed by atoms with Gasteiger partial charge >= 0.3 is 7.60 Å². The first-order chi connectivity index (χ1) is 15.8. The highest BCUT2D eigenvalue weighted by molar-refractivity contribution is 7.96. The number of hydrogen-bond donors (Lipinski definition) is 1. The molecule has 0 saturated heterocycles. The van der Waals surface area contributed by atoms with Crippen molar-refractivity contribution in [2.45, 2.75) is 30.9 Å². The first-order valence-corrected chi connectivity index (χ1v) is 15.3. The summed E-state index contributed by atoms with van der Waals surface area (Å²) in [4.78, 5) is 12.5. The monoisotopic (exact) mass is 527 g/mol. The molecule has 3 rings (SSSR count). The molecule has 0 heterocycles. The van der Waals surface area contributed by atoms with E-state index in [1.54, 1.807) is 19.1 Å². The van der Waals surface area contributed by atoms with Gasteiger partial charge in [-0.15, -0.1) is 0 Å². The van der Waals surface area contributed by atoms with Crippen LogP contribution in [-0.4, -0.2) is 42.1 Å². The molecule has 2 aromatic rings. The highest BCUT2D eigenvalue weighted by atomic mass is 32.2. The molecule has 9 nitrogen and oxygen atoms in total. The molecular formula is C22H26NO8PS2. The molecule has 1 aliphatic rings. The van der Waals surface area contributed by atoms with Crippen molar-refractivity contribution in [3.63, 3.8) is 0 Å². The van der Waals surface area contributed by atoms with Crippen LogP contribution in [0, 0.1) is 6.92 Å². The zero-order valence-electron chi connectivity index (χ0n) is 19.1. The largest absolute Gasteiger partial charge is 0.360 e. The van der Waals surface area contributed by atoms with Crippen LogP contribution in [0.5, 0.6) is 0 Å². The van der Waals surface area contributed by atoms with Gasteiger partial charge in [0.15, 0.2) is 5.28 Å². The third-order valence-corrected chi connectivity index (χ3v) is 10.3. The van der Waals surface area contributed by atoms with Gasteiger partial charge in [-0.1, -0.05) is 42.0 Å². The molecule has 0 fully saturated rings. The molecule has 12 heteroatoms. The van der Waals surface area contributed by atoms with Gasteiger partial charge in [-0.25, -0.2) is 16.8 Å². The van der Waals surface area contributed by atoms with E-state index in [1.807, 2.05) is 0 Å². The minimum atomic E-state index is -4.47. The molecule has 0 bridgehead atoms. The Morgan fingerprint density at radius 3 is 2.03 bits per heavy atom. The summed E-state index contributed by atoms with van der Waals surface area (Å²) < 4.78 is 79.6. The number of rotatable bonds is 9. The van der Waals surface area contributed by atoms with E-state index in [4.69, 9.17) is 9.05 Å². The van der Waals surface area contributed by atoms with Crippen molar-refractivity contribution in [1.29, 1.82) is 0 Å². The fourth-order valence-electron chi connectivity index (χ4n) is 3.75. The first-order valence-electron chi connectivity index (χ1n) is 10.4. The van der Waals surface area contributed by atoms with E-state index in [1.165, 1.54) is 50.2 Å². The van der Waals surface area contributed by atoms with Crippen LogP contribution in [0.2, 0.25) is 0 Å². The van der Waals surface area contributed by atoms with Crippen molar-refractivity contribution < 1.29 is 35.2 Å². The molecule has 0 radical (unpaired) electrons. The second-order valence-electron chi connectivity index (χ2n) is 7.67. The van der Waals surface area contributed by atoms with Gasteiger partial charge in [0, 0.05) is 11.1 Å². The summed E-state index contributed by atoms with van der Waals surface area (Å²) in [5, 5.41) is -2.30. The number of allylic oxidation sites excluding steroid dienone is 1. The molecule has 34 heavy (non-hydrogen) atoms. The Morgan fingerprint density at radius 1 is 0.941 bits per heavy atom. The van der Waals surface area contributed by atoms with Crippen molar-refractivity contribution in [2.24, 2.45) is 0 Å². The van der Waals surface area contributed by atoms with E-state index >= 15 is 0 Å². The topological polar surface area (TPSA) is 133 Å². The Labute approximate surface area is 199 Å². The molecule has 184 valence electrons. The standard InChI is InChI=1S/C22H26NO8PS2/c1-5-30-32(25,31-6-2)22(23-33(4,26)27)15-20(21(24)18-9-7-8-10-19(18)22)34(28,29)17-13-11-16(3)12-14-17/h7-15,23H,5-6H2,1-4H3. The zero-order chi connectivity index (χ0) is 25.4. The SMILES string of the molecule is CCOP(=O)(OCC)C1(NS(C)(=O)=O)C=C(S(=O)(=O)c2ccc(C)cc2)C(=O)c2ccccc21. The van der Waals surface area contributed by atoms with Gasteiger partial charge in [-0.3, -0.25) is 9.36 Å². The summed E-state index contributed by atoms with van der Waals surface area (Å²) in [5.74, 6) is -0.860. The molecule has 0 aliphatic heterocycles. The molecule has 0 spiro atoms. The second kappa shape index (κ2) is 9.49. The lowest BCUT2D eigenvalue weighted by Gasteiger charge is -2.40. The molecule has 1 unspecified atom stereocenters. The van der Waals surface area contributed by atoms with Crippen molar-refractivity contribution in [1.82, 2.24) is 4.72 Å². The minimum Gasteiger partial charge on any atom is -0.307 e. The summed E-state index contributed by atoms with van der Waals surface area (Å²) >= 11 is 0. The van der Waals surface area contributed by atoms with Crippen molar-refractivity contribution in [3.8, 4) is 0 Å². The average Bonchev–Trinajstić information content (AvgIpc) is 2.75. The smallest absolute Gasteiger partial charge is 0.307 e. The molecule has 1 N–H and O–H groups in total. The maximum atomic E-state index is 14.2. The lowest BCUT2D eigenvalue weighted by atomic mass is 9.92. The lowest BCUT2D eigenvalue weighted by Crippen LogP contribution is -2.48. The normalized spacial score (nSPS) is 18.9. The number of sulfonamides is 1. The minimum absolute atomic E-state index is 0.0292. The van der Waals surface area contributed by atoms with Crippen LogP contribution in [-0.2, 0) is 38.8 Å². The molecule has 2 aromatic carbocycles. The van der Waals surface area contributed by atoms with Crippen LogP contribution in [0.4, 0.5) is 0 Å². The highest BCUT2D eigenvalue weighted by Gasteiger charge is 2.57. The average molecular weight is 528 g/mol. The fourth-order valence-corrected chi connectivity index (χ4v) is 8.89. The number of ketones is 1. The first kappa shape index (κ1) is 26.5. The summed E-state index contributed by atoms with van der Waals surface area (Å²) in [6.45, 7) is 4.59. The number of benzene rings is 2. The van der Waals surface area contributed by atoms with Gasteiger partial charge in [-0.05, 0) is 39.0 Å². The maximum Gasteiger partial charge on any atom is 0.360 e. The Hall–Kier alpha value is -2.14. The van der Waals surface area contributed by atoms with E-state index in [-0.39, 0.29) is 29.2 Å². The van der Waals surface area contributed by atoms with Crippen LogP contribution in [0.15, 0.2) is 64.4 Å². The lowest BCUT2D eigenvalue weighted by molar-refractivity contribution is 0.103. The van der Waals surface area contributed by atoms with Crippen molar-refractivity contribution >= 4 is 33.2 Å². The number of nitrogens with one attached hydrogen (secondary N) is 1. The quantitative estimate of drug-likeness (QED) is 0.490. The molecule has 1 atom stereocenters. The molecule has 0 amide bonds. The number of fused-ring (bicyclic) bond motifs is 1. The number of aryl methyl sites for hydroxylation is 1. The summed E-state index contributed by atoms with van der Waals surface area (Å²) in [7, 11) is -13.0. The van der Waals surface area contributed by atoms with E-state index < -0.39 is 43.4 Å². The molecular weight excluding hydrogens is 501 g/mol. The van der Waals surface area contributed by atoms with Crippen LogP contribution >= 0.6 is 7.60 Å². The molecule has 0 saturated carbocycles. The van der Waals surface area contributed by atoms with E-state index in [0.29, 0.717) is 0 Å². The number of Topliss-reactive ketones (excluding diaryl/α,β-unsaturated/α-hetero) is 1. The summed E-state index contributed by atoms with van der Waals surface area (Å²) in [6, 6.07) is 11.6. The summed E-state index contributed by atoms with van der Waals surface area (Å²) in [5.41, 5.74) is 0.642. The number of carbonyl (C=O) groups is 1. The van der Waals surface area contributed by atoms with E-state index in [9.17, 15) is 26.2 Å². The number of carbonyl (C=O) groups excluding carboxylic acids is 1. The third-order valence-electron chi connectivity index (χ3n) is 5.14. The van der Waals surface area contributed by atoms with E-state index in [0.717, 1.165) is 17.9 Å². The van der Waals surface area contributed by atoms with Crippen LogP contribution < -0.4 is 4.72 Å². The zero-order valence-corrected chi connectivity index (χ0v) is 21.7. The van der Waals surface area contributed by atoms with Gasteiger partial charge in [-0.2, -0.15) is 4.72 Å². The van der Waals surface area contributed by atoms with Crippen LogP contribution in [0.25, 0.3) is 0 Å². The fraction of sp³-hybridized carbons (Fsp3) is 0.318. The Bertz CT molecular complexity index is 1390.